The summed E-state index contributed by atoms with van der Waals surface area (Å²) in [5.74, 6) is 0.476. The Balaban J connectivity index is 2.31. The minimum Gasteiger partial charge on any atom is -0.506 e. The van der Waals surface area contributed by atoms with Crippen molar-refractivity contribution in [2.45, 2.75) is 6.61 Å². The normalized spacial score (nSPS) is 12.4. The van der Waals surface area contributed by atoms with E-state index in [0.29, 0.717) is 11.4 Å². The van der Waals surface area contributed by atoms with Gasteiger partial charge in [0, 0.05) is 11.1 Å². The average Bonchev–Trinajstić information content (AvgIpc) is 2.38. The lowest BCUT2D eigenvalue weighted by Gasteiger charge is -2.23. The Labute approximate surface area is 103 Å². The molecule has 6 N–H and O–H groups in total. The zero-order chi connectivity index (χ0) is 12.9. The van der Waals surface area contributed by atoms with E-state index in [1.165, 1.54) is 12.1 Å². The number of benzene rings is 2. The Morgan fingerprint density at radius 3 is 2.22 bits per heavy atom. The molecule has 1 aliphatic heterocycles. The third-order valence-electron chi connectivity index (χ3n) is 3.16. The molecule has 0 saturated carbocycles. The van der Waals surface area contributed by atoms with E-state index in [0.717, 1.165) is 16.7 Å². The molecule has 0 atom stereocenters. The SMILES string of the molecule is Nc1c(O)ccc2c1COc1c-2ccc(O)c1N. The summed E-state index contributed by atoms with van der Waals surface area (Å²) in [5.41, 5.74) is 14.5. The molecule has 1 heterocycles. The van der Waals surface area contributed by atoms with Crippen molar-refractivity contribution in [2.75, 3.05) is 11.5 Å². The summed E-state index contributed by atoms with van der Waals surface area (Å²) in [6, 6.07) is 6.52. The maximum Gasteiger partial charge on any atom is 0.154 e. The molecule has 0 unspecified atom stereocenters. The van der Waals surface area contributed by atoms with Crippen molar-refractivity contribution in [3.8, 4) is 28.4 Å². The zero-order valence-electron chi connectivity index (χ0n) is 9.47. The van der Waals surface area contributed by atoms with Crippen LogP contribution in [0.4, 0.5) is 11.4 Å². The van der Waals surface area contributed by atoms with Gasteiger partial charge in [0.15, 0.2) is 5.75 Å². The van der Waals surface area contributed by atoms with Crippen molar-refractivity contribution in [1.29, 1.82) is 0 Å². The molecule has 2 aromatic rings. The van der Waals surface area contributed by atoms with Crippen LogP contribution >= 0.6 is 0 Å². The summed E-state index contributed by atoms with van der Waals surface area (Å²) in [4.78, 5) is 0. The molecule has 0 bridgehead atoms. The fourth-order valence-electron chi connectivity index (χ4n) is 2.16. The van der Waals surface area contributed by atoms with Gasteiger partial charge < -0.3 is 26.4 Å². The molecule has 18 heavy (non-hydrogen) atoms. The van der Waals surface area contributed by atoms with Crippen LogP contribution in [0.3, 0.4) is 0 Å². The number of phenols is 2. The lowest BCUT2D eigenvalue weighted by molar-refractivity contribution is 0.302. The smallest absolute Gasteiger partial charge is 0.154 e. The van der Waals surface area contributed by atoms with Crippen LogP contribution in [0, 0.1) is 0 Å². The van der Waals surface area contributed by atoms with Crippen molar-refractivity contribution < 1.29 is 14.9 Å². The third-order valence-corrected chi connectivity index (χ3v) is 3.16. The summed E-state index contributed by atoms with van der Waals surface area (Å²) >= 11 is 0. The summed E-state index contributed by atoms with van der Waals surface area (Å²) in [6.45, 7) is 0.218. The molecular weight excluding hydrogens is 232 g/mol. The zero-order valence-corrected chi connectivity index (χ0v) is 9.47. The highest BCUT2D eigenvalue weighted by molar-refractivity contribution is 5.86. The lowest BCUT2D eigenvalue weighted by Crippen LogP contribution is -2.10. The molecule has 1 aliphatic rings. The van der Waals surface area contributed by atoms with Crippen molar-refractivity contribution in [3.63, 3.8) is 0 Å². The summed E-state index contributed by atoms with van der Waals surface area (Å²) in [5, 5.41) is 19.1. The Bertz CT molecular complexity index is 596. The van der Waals surface area contributed by atoms with E-state index in [2.05, 4.69) is 0 Å². The van der Waals surface area contributed by atoms with Crippen LogP contribution in [0.2, 0.25) is 0 Å². The second kappa shape index (κ2) is 3.46. The van der Waals surface area contributed by atoms with E-state index in [9.17, 15) is 10.2 Å². The minimum absolute atomic E-state index is 0.0102. The van der Waals surface area contributed by atoms with Gasteiger partial charge in [0.2, 0.25) is 0 Å². The van der Waals surface area contributed by atoms with Crippen LogP contribution in [-0.4, -0.2) is 10.2 Å². The van der Waals surface area contributed by atoms with Crippen LogP contribution in [0.25, 0.3) is 11.1 Å². The lowest BCUT2D eigenvalue weighted by atomic mass is 9.94. The molecule has 0 saturated heterocycles. The van der Waals surface area contributed by atoms with Gasteiger partial charge in [-0.2, -0.15) is 0 Å². The predicted octanol–water partition coefficient (Wildman–Crippen LogP) is 1.82. The monoisotopic (exact) mass is 244 g/mol. The Morgan fingerprint density at radius 2 is 1.50 bits per heavy atom. The van der Waals surface area contributed by atoms with Gasteiger partial charge in [-0.3, -0.25) is 0 Å². The van der Waals surface area contributed by atoms with Gasteiger partial charge in [0.1, 0.15) is 23.8 Å². The summed E-state index contributed by atoms with van der Waals surface area (Å²) < 4.78 is 5.52. The highest BCUT2D eigenvalue weighted by atomic mass is 16.5. The molecule has 0 aliphatic carbocycles. The number of aromatic hydroxyl groups is 2. The van der Waals surface area contributed by atoms with Crippen molar-refractivity contribution >= 4 is 11.4 Å². The highest BCUT2D eigenvalue weighted by Gasteiger charge is 2.23. The first-order valence-corrected chi connectivity index (χ1v) is 5.44. The molecule has 0 amide bonds. The average molecular weight is 244 g/mol. The Kier molecular flexibility index (Phi) is 2.04. The highest BCUT2D eigenvalue weighted by Crippen LogP contribution is 2.47. The molecule has 5 nitrogen and oxygen atoms in total. The molecule has 92 valence electrons. The second-order valence-electron chi connectivity index (χ2n) is 4.19. The van der Waals surface area contributed by atoms with Crippen molar-refractivity contribution in [1.82, 2.24) is 0 Å². The maximum absolute atomic E-state index is 9.58. The van der Waals surface area contributed by atoms with Gasteiger partial charge >= 0.3 is 0 Å². The van der Waals surface area contributed by atoms with Gasteiger partial charge in [-0.15, -0.1) is 0 Å². The molecule has 0 aromatic heterocycles. The molecule has 0 fully saturated rings. The van der Waals surface area contributed by atoms with E-state index < -0.39 is 0 Å². The Morgan fingerprint density at radius 1 is 0.889 bits per heavy atom. The number of phenolic OH excluding ortho intramolecular Hbond substituents is 2. The number of ether oxygens (including phenoxy) is 1. The largest absolute Gasteiger partial charge is 0.506 e. The number of rotatable bonds is 0. The van der Waals surface area contributed by atoms with Gasteiger partial charge in [-0.1, -0.05) is 6.07 Å². The van der Waals surface area contributed by atoms with E-state index >= 15 is 0 Å². The van der Waals surface area contributed by atoms with E-state index in [1.54, 1.807) is 12.1 Å². The first kappa shape index (κ1) is 10.6. The fraction of sp³-hybridized carbons (Fsp3) is 0.0769. The second-order valence-corrected chi connectivity index (χ2v) is 4.19. The van der Waals surface area contributed by atoms with Crippen LogP contribution < -0.4 is 16.2 Å². The van der Waals surface area contributed by atoms with Crippen LogP contribution in [0.15, 0.2) is 24.3 Å². The summed E-state index contributed by atoms with van der Waals surface area (Å²) in [7, 11) is 0. The summed E-state index contributed by atoms with van der Waals surface area (Å²) in [6.07, 6.45) is 0. The van der Waals surface area contributed by atoms with E-state index in [4.69, 9.17) is 16.2 Å². The number of anilines is 2. The molecule has 5 heteroatoms. The van der Waals surface area contributed by atoms with E-state index in [1.807, 2.05) is 0 Å². The van der Waals surface area contributed by atoms with E-state index in [-0.39, 0.29) is 23.8 Å². The number of fused-ring (bicyclic) bond motifs is 3. The number of hydrogen-bond donors (Lipinski definition) is 4. The van der Waals surface area contributed by atoms with Crippen LogP contribution in [0.1, 0.15) is 5.56 Å². The van der Waals surface area contributed by atoms with Gasteiger partial charge in [-0.25, -0.2) is 0 Å². The topological polar surface area (TPSA) is 102 Å². The first-order chi connectivity index (χ1) is 8.59. The minimum atomic E-state index is -0.0102. The van der Waals surface area contributed by atoms with Gasteiger partial charge in [0.25, 0.3) is 0 Å². The standard InChI is InChI=1S/C13H12N2O3/c14-11-8-5-18-13-7(2-4-10(17)12(13)15)6(8)1-3-9(11)16/h1-4,16-17H,5,14-15H2. The number of hydrogen-bond acceptors (Lipinski definition) is 5. The maximum atomic E-state index is 9.58. The molecule has 2 aromatic carbocycles. The van der Waals surface area contributed by atoms with Gasteiger partial charge in [-0.05, 0) is 23.8 Å². The van der Waals surface area contributed by atoms with Crippen LogP contribution in [0.5, 0.6) is 17.2 Å². The molecule has 0 spiro atoms. The third kappa shape index (κ3) is 1.27. The fourth-order valence-corrected chi connectivity index (χ4v) is 2.16. The first-order valence-electron chi connectivity index (χ1n) is 5.44. The van der Waals surface area contributed by atoms with Crippen molar-refractivity contribution in [3.05, 3.63) is 29.8 Å². The van der Waals surface area contributed by atoms with Gasteiger partial charge in [0.05, 0.1) is 5.69 Å². The predicted molar refractivity (Wildman–Crippen MR) is 68.4 cm³/mol. The molecule has 3 rings (SSSR count). The quantitative estimate of drug-likeness (QED) is 0.418. The van der Waals surface area contributed by atoms with Crippen LogP contribution in [-0.2, 0) is 6.61 Å². The van der Waals surface area contributed by atoms with Crippen molar-refractivity contribution in [2.24, 2.45) is 0 Å². The molecule has 0 radical (unpaired) electrons. The number of nitrogens with two attached hydrogens (primary N) is 2. The molecular formula is C13H12N2O3. The Hall–Kier alpha value is -2.56. The number of nitrogen functional groups attached to an aromatic ring is 2.